The summed E-state index contributed by atoms with van der Waals surface area (Å²) in [7, 11) is 0. The number of hydrogen-bond donors (Lipinski definition) is 1. The average Bonchev–Trinajstić information content (AvgIpc) is 1.80. The Balaban J connectivity index is 4.45. The van der Waals surface area contributed by atoms with Gasteiger partial charge in [-0.05, 0) is 27.7 Å². The smallest absolute Gasteiger partial charge is 0.370 e. The van der Waals surface area contributed by atoms with Crippen LogP contribution in [0.25, 0.3) is 0 Å². The lowest BCUT2D eigenvalue weighted by Gasteiger charge is -2.32. The highest BCUT2D eigenvalue weighted by molar-refractivity contribution is 4.85. The van der Waals surface area contributed by atoms with Crippen molar-refractivity contribution in [3.05, 3.63) is 0 Å². The van der Waals surface area contributed by atoms with Crippen LogP contribution in [0.2, 0.25) is 0 Å². The third-order valence-corrected chi connectivity index (χ3v) is 1.45. The van der Waals surface area contributed by atoms with Gasteiger partial charge in [0.2, 0.25) is 6.17 Å². The normalized spacial score (nSPS) is 16.4. The fourth-order valence-electron chi connectivity index (χ4n) is 1.09. The minimum Gasteiger partial charge on any atom is -0.370 e. The molecule has 1 unspecified atom stereocenters. The maximum atomic E-state index is 12.9. The summed E-state index contributed by atoms with van der Waals surface area (Å²) in [5.74, 6) is 0. The second kappa shape index (κ2) is 3.84. The van der Waals surface area contributed by atoms with Crippen LogP contribution in [-0.4, -0.2) is 29.1 Å². The predicted octanol–water partition coefficient (Wildman–Crippen LogP) is 2.11. The van der Waals surface area contributed by atoms with E-state index in [1.165, 1.54) is 13.8 Å². The van der Waals surface area contributed by atoms with E-state index in [2.05, 4.69) is 0 Å². The Morgan fingerprint density at radius 1 is 1.23 bits per heavy atom. The van der Waals surface area contributed by atoms with Crippen molar-refractivity contribution in [2.45, 2.75) is 51.7 Å². The molecule has 0 aliphatic carbocycles. The Hall–Kier alpha value is -0.290. The van der Waals surface area contributed by atoms with Crippen molar-refractivity contribution in [3.63, 3.8) is 0 Å². The van der Waals surface area contributed by atoms with Crippen LogP contribution in [0.15, 0.2) is 0 Å². The number of halogens is 3. The lowest BCUT2D eigenvalue weighted by molar-refractivity contribution is -0.282. The van der Waals surface area contributed by atoms with Crippen molar-refractivity contribution in [1.29, 1.82) is 0 Å². The van der Waals surface area contributed by atoms with E-state index in [0.29, 0.717) is 0 Å². The van der Waals surface area contributed by atoms with Crippen LogP contribution in [0.1, 0.15) is 27.7 Å². The van der Waals surface area contributed by atoms with E-state index < -0.39 is 17.9 Å². The molecule has 0 aromatic rings. The molecular weight excluding hydrogens is 185 g/mol. The van der Waals surface area contributed by atoms with Gasteiger partial charge in [0.15, 0.2) is 0 Å². The molecule has 0 fully saturated rings. The quantitative estimate of drug-likeness (QED) is 0.753. The predicted molar refractivity (Wildman–Crippen MR) is 42.4 cm³/mol. The molecule has 0 amide bonds. The Morgan fingerprint density at radius 2 is 1.62 bits per heavy atom. The van der Waals surface area contributed by atoms with E-state index in [0.717, 1.165) is 0 Å². The first-order valence-electron chi connectivity index (χ1n) is 3.99. The van der Waals surface area contributed by atoms with Gasteiger partial charge in [-0.3, -0.25) is 0 Å². The van der Waals surface area contributed by atoms with Gasteiger partial charge in [-0.15, -0.1) is 0 Å². The number of ether oxygens (including phenoxy) is 1. The van der Waals surface area contributed by atoms with Crippen molar-refractivity contribution in [2.75, 3.05) is 0 Å². The molecule has 0 spiro atoms. The molecular formula is C8H15F3O2. The monoisotopic (exact) mass is 200 g/mol. The Morgan fingerprint density at radius 3 is 1.85 bits per heavy atom. The van der Waals surface area contributed by atoms with E-state index in [-0.39, 0.29) is 6.10 Å². The van der Waals surface area contributed by atoms with E-state index in [1.807, 2.05) is 0 Å². The zero-order valence-electron chi connectivity index (χ0n) is 8.14. The van der Waals surface area contributed by atoms with E-state index in [9.17, 15) is 13.2 Å². The molecule has 0 aliphatic heterocycles. The third kappa shape index (κ3) is 3.95. The van der Waals surface area contributed by atoms with Gasteiger partial charge in [-0.2, -0.15) is 8.78 Å². The van der Waals surface area contributed by atoms with Crippen LogP contribution in [0.4, 0.5) is 13.2 Å². The van der Waals surface area contributed by atoms with Gasteiger partial charge < -0.3 is 9.84 Å². The molecule has 0 aromatic carbocycles. The SMILES string of the molecule is CC(C)OC(C)(C)C(F)C(O)(F)F. The highest BCUT2D eigenvalue weighted by Crippen LogP contribution is 2.30. The molecule has 80 valence electrons. The highest BCUT2D eigenvalue weighted by Gasteiger charge is 2.49. The van der Waals surface area contributed by atoms with Crippen molar-refractivity contribution >= 4 is 0 Å². The molecule has 13 heavy (non-hydrogen) atoms. The second-order valence-corrected chi connectivity index (χ2v) is 3.72. The van der Waals surface area contributed by atoms with Gasteiger partial charge in [0, 0.05) is 0 Å². The fourth-order valence-corrected chi connectivity index (χ4v) is 1.09. The first-order valence-corrected chi connectivity index (χ1v) is 3.99. The lowest BCUT2D eigenvalue weighted by Crippen LogP contribution is -2.48. The van der Waals surface area contributed by atoms with Crippen molar-refractivity contribution in [1.82, 2.24) is 0 Å². The molecule has 0 saturated carbocycles. The summed E-state index contributed by atoms with van der Waals surface area (Å²) >= 11 is 0. The lowest BCUT2D eigenvalue weighted by atomic mass is 10.0. The molecule has 5 heteroatoms. The molecule has 0 aromatic heterocycles. The summed E-state index contributed by atoms with van der Waals surface area (Å²) in [6.07, 6.45) is -7.48. The third-order valence-electron chi connectivity index (χ3n) is 1.45. The maximum absolute atomic E-state index is 12.9. The molecule has 2 nitrogen and oxygen atoms in total. The molecule has 1 atom stereocenters. The van der Waals surface area contributed by atoms with Crippen LogP contribution in [0, 0.1) is 0 Å². The zero-order chi connectivity index (χ0) is 10.9. The van der Waals surface area contributed by atoms with Gasteiger partial charge >= 0.3 is 6.11 Å². The second-order valence-electron chi connectivity index (χ2n) is 3.72. The van der Waals surface area contributed by atoms with Crippen LogP contribution in [0.5, 0.6) is 0 Å². The molecule has 0 rings (SSSR count). The fraction of sp³-hybridized carbons (Fsp3) is 1.00. The first kappa shape index (κ1) is 12.7. The average molecular weight is 200 g/mol. The number of aliphatic hydroxyl groups is 1. The summed E-state index contributed by atoms with van der Waals surface area (Å²) in [4.78, 5) is 0. The highest BCUT2D eigenvalue weighted by atomic mass is 19.3. The number of alkyl halides is 3. The summed E-state index contributed by atoms with van der Waals surface area (Å²) < 4.78 is 42.2. The van der Waals surface area contributed by atoms with Crippen LogP contribution in [-0.2, 0) is 4.74 Å². The standard InChI is InChI=1S/C8H15F3O2/c1-5(2)13-7(3,4)6(9)8(10,11)12/h5-6,12H,1-4H3. The minimum atomic E-state index is -4.36. The van der Waals surface area contributed by atoms with Gasteiger partial charge in [-0.1, -0.05) is 0 Å². The minimum absolute atomic E-state index is 0.379. The topological polar surface area (TPSA) is 29.5 Å². The molecule has 1 N–H and O–H groups in total. The summed E-state index contributed by atoms with van der Waals surface area (Å²) in [5, 5.41) is 8.15. The van der Waals surface area contributed by atoms with E-state index in [4.69, 9.17) is 9.84 Å². The van der Waals surface area contributed by atoms with Gasteiger partial charge in [0.25, 0.3) is 0 Å². The Labute approximate surface area is 75.7 Å². The van der Waals surface area contributed by atoms with Crippen molar-refractivity contribution in [3.8, 4) is 0 Å². The van der Waals surface area contributed by atoms with Crippen LogP contribution >= 0.6 is 0 Å². The molecule has 0 aliphatic rings. The first-order chi connectivity index (χ1) is 5.57. The number of rotatable bonds is 4. The molecule has 0 bridgehead atoms. The summed E-state index contributed by atoms with van der Waals surface area (Å²) in [5.41, 5.74) is -1.70. The number of hydrogen-bond acceptors (Lipinski definition) is 2. The van der Waals surface area contributed by atoms with Crippen LogP contribution < -0.4 is 0 Å². The van der Waals surface area contributed by atoms with Gasteiger partial charge in [0.1, 0.15) is 5.60 Å². The largest absolute Gasteiger partial charge is 0.387 e. The van der Waals surface area contributed by atoms with E-state index >= 15 is 0 Å². The van der Waals surface area contributed by atoms with Crippen LogP contribution in [0.3, 0.4) is 0 Å². The molecule has 0 saturated heterocycles. The maximum Gasteiger partial charge on any atom is 0.387 e. The zero-order valence-corrected chi connectivity index (χ0v) is 8.14. The summed E-state index contributed by atoms with van der Waals surface area (Å²) in [6.45, 7) is 5.54. The van der Waals surface area contributed by atoms with E-state index in [1.54, 1.807) is 13.8 Å². The summed E-state index contributed by atoms with van der Waals surface area (Å²) in [6, 6.07) is 0. The Kier molecular flexibility index (Phi) is 3.75. The van der Waals surface area contributed by atoms with Crippen molar-refractivity contribution in [2.24, 2.45) is 0 Å². The van der Waals surface area contributed by atoms with Gasteiger partial charge in [0.05, 0.1) is 6.10 Å². The van der Waals surface area contributed by atoms with Gasteiger partial charge in [-0.25, -0.2) is 4.39 Å². The van der Waals surface area contributed by atoms with Crippen molar-refractivity contribution < 1.29 is 23.0 Å². The molecule has 0 radical (unpaired) electrons. The Bertz CT molecular complexity index is 163. The molecule has 0 heterocycles.